The summed E-state index contributed by atoms with van der Waals surface area (Å²) in [5.74, 6) is 0. The second kappa shape index (κ2) is 13.7. The summed E-state index contributed by atoms with van der Waals surface area (Å²) in [6, 6.07) is 0. The van der Waals surface area contributed by atoms with Gasteiger partial charge in [0, 0.05) is 12.8 Å². The highest BCUT2D eigenvalue weighted by atomic mass is 15.3. The van der Waals surface area contributed by atoms with E-state index in [1.54, 1.807) is 0 Å². The zero-order valence-corrected chi connectivity index (χ0v) is 15.6. The van der Waals surface area contributed by atoms with Crippen LogP contribution in [0.15, 0.2) is 17.1 Å². The fourth-order valence-corrected chi connectivity index (χ4v) is 3.19. The molecule has 0 aromatic rings. The van der Waals surface area contributed by atoms with E-state index in [-0.39, 0.29) is 6.17 Å². The molecule has 1 rings (SSSR count). The van der Waals surface area contributed by atoms with Crippen molar-refractivity contribution in [2.45, 2.75) is 103 Å². The molecule has 1 heterocycles. The maximum Gasteiger partial charge on any atom is 0.103 e. The third-order valence-corrected chi connectivity index (χ3v) is 4.70. The summed E-state index contributed by atoms with van der Waals surface area (Å²) < 4.78 is 0. The lowest BCUT2D eigenvalue weighted by molar-refractivity contribution is 0.182. The van der Waals surface area contributed by atoms with E-state index in [0.717, 1.165) is 13.0 Å². The number of nitrogens with zero attached hydrogens (tertiary/aromatic N) is 2. The number of hydrogen-bond donors (Lipinski definition) is 1. The Bertz CT molecular complexity index is 323. The topological polar surface area (TPSA) is 41.6 Å². The molecule has 1 aliphatic rings. The maximum atomic E-state index is 5.97. The molecule has 23 heavy (non-hydrogen) atoms. The number of unbranched alkanes of at least 4 members (excludes halogenated alkanes) is 9. The Morgan fingerprint density at radius 3 is 2.30 bits per heavy atom. The summed E-state index contributed by atoms with van der Waals surface area (Å²) in [5, 5.41) is 0. The van der Waals surface area contributed by atoms with Gasteiger partial charge < -0.3 is 5.73 Å². The smallest absolute Gasteiger partial charge is 0.103 e. The lowest BCUT2D eigenvalue weighted by Crippen LogP contribution is -2.43. The van der Waals surface area contributed by atoms with E-state index < -0.39 is 0 Å². The normalized spacial score (nSPS) is 19.9. The average molecular weight is 322 g/mol. The van der Waals surface area contributed by atoms with Gasteiger partial charge in [0.2, 0.25) is 0 Å². The molecule has 0 spiro atoms. The second-order valence-corrected chi connectivity index (χ2v) is 6.92. The van der Waals surface area contributed by atoms with Crippen molar-refractivity contribution in [2.24, 2.45) is 10.7 Å². The minimum absolute atomic E-state index is 0.118. The summed E-state index contributed by atoms with van der Waals surface area (Å²) in [4.78, 5) is 6.82. The number of aliphatic imine (C=N–C) groups is 1. The first-order valence-corrected chi connectivity index (χ1v) is 9.93. The first kappa shape index (κ1) is 20.4. The summed E-state index contributed by atoms with van der Waals surface area (Å²) in [6.45, 7) is 5.25. The Hall–Kier alpha value is -0.670. The number of hydrogen-bond acceptors (Lipinski definition) is 3. The Balaban J connectivity index is 1.88. The van der Waals surface area contributed by atoms with Crippen LogP contribution in [0.2, 0.25) is 0 Å². The Labute approximate surface area is 144 Å². The summed E-state index contributed by atoms with van der Waals surface area (Å²) in [5.41, 5.74) is 5.97. The average Bonchev–Trinajstić information content (AvgIpc) is 3.00. The molecule has 0 radical (unpaired) electrons. The van der Waals surface area contributed by atoms with Crippen LogP contribution in [0.5, 0.6) is 0 Å². The highest BCUT2D eigenvalue weighted by Gasteiger charge is 2.22. The van der Waals surface area contributed by atoms with Crippen LogP contribution >= 0.6 is 0 Å². The van der Waals surface area contributed by atoms with Crippen LogP contribution in [-0.2, 0) is 0 Å². The van der Waals surface area contributed by atoms with Crippen LogP contribution < -0.4 is 5.73 Å². The van der Waals surface area contributed by atoms with E-state index in [9.17, 15) is 0 Å². The van der Waals surface area contributed by atoms with Crippen molar-refractivity contribution >= 4 is 6.21 Å². The molecule has 3 heteroatoms. The van der Waals surface area contributed by atoms with Gasteiger partial charge in [0.05, 0.1) is 6.17 Å². The standard InChI is InChI=1S/C20H39N3/c1-3-4-5-6-7-8-9-10-11-12-13-14-15-16-20-22-17-18-23(20)19(2)21/h10-11,17,19-20H,3-9,12-16,18,21H2,1-2H3/b11-10+. The van der Waals surface area contributed by atoms with E-state index in [4.69, 9.17) is 5.73 Å². The van der Waals surface area contributed by atoms with Gasteiger partial charge in [-0.1, -0.05) is 57.6 Å². The van der Waals surface area contributed by atoms with Crippen LogP contribution in [0, 0.1) is 0 Å². The minimum atomic E-state index is 0.118. The number of rotatable bonds is 14. The minimum Gasteiger partial charge on any atom is -0.316 e. The van der Waals surface area contributed by atoms with E-state index in [1.807, 2.05) is 6.21 Å². The van der Waals surface area contributed by atoms with Crippen molar-refractivity contribution in [3.05, 3.63) is 12.2 Å². The summed E-state index contributed by atoms with van der Waals surface area (Å²) in [6.07, 6.45) is 23.1. The van der Waals surface area contributed by atoms with Crippen LogP contribution in [0.4, 0.5) is 0 Å². The Kier molecular flexibility index (Phi) is 12.2. The quantitative estimate of drug-likeness (QED) is 0.350. The van der Waals surface area contributed by atoms with Crippen molar-refractivity contribution in [2.75, 3.05) is 6.54 Å². The van der Waals surface area contributed by atoms with Crippen molar-refractivity contribution in [1.29, 1.82) is 0 Å². The van der Waals surface area contributed by atoms with Crippen LogP contribution in [0.1, 0.15) is 90.9 Å². The van der Waals surface area contributed by atoms with Crippen LogP contribution in [0.25, 0.3) is 0 Å². The molecule has 0 bridgehead atoms. The van der Waals surface area contributed by atoms with Gasteiger partial charge in [0.1, 0.15) is 6.17 Å². The largest absolute Gasteiger partial charge is 0.316 e. The molecule has 0 fully saturated rings. The van der Waals surface area contributed by atoms with E-state index in [0.29, 0.717) is 6.17 Å². The SMILES string of the molecule is CCCCCCCC/C=C/CCCCCC1N=CCN1C(C)N. The Morgan fingerprint density at radius 2 is 1.65 bits per heavy atom. The predicted octanol–water partition coefficient (Wildman–Crippen LogP) is 5.26. The fourth-order valence-electron chi connectivity index (χ4n) is 3.19. The van der Waals surface area contributed by atoms with Crippen LogP contribution in [-0.4, -0.2) is 30.0 Å². The zero-order valence-electron chi connectivity index (χ0n) is 15.6. The molecule has 3 nitrogen and oxygen atoms in total. The van der Waals surface area contributed by atoms with Crippen LogP contribution in [0.3, 0.4) is 0 Å². The van der Waals surface area contributed by atoms with Crippen molar-refractivity contribution in [1.82, 2.24) is 4.90 Å². The highest BCUT2D eigenvalue weighted by molar-refractivity contribution is 5.62. The van der Waals surface area contributed by atoms with Crippen molar-refractivity contribution in [3.8, 4) is 0 Å². The molecule has 0 aromatic heterocycles. The monoisotopic (exact) mass is 321 g/mol. The Morgan fingerprint density at radius 1 is 1.04 bits per heavy atom. The highest BCUT2D eigenvalue weighted by Crippen LogP contribution is 2.16. The van der Waals surface area contributed by atoms with Gasteiger partial charge in [0.25, 0.3) is 0 Å². The molecule has 2 N–H and O–H groups in total. The molecular formula is C20H39N3. The zero-order chi connectivity index (χ0) is 16.8. The molecule has 134 valence electrons. The predicted molar refractivity (Wildman–Crippen MR) is 103 cm³/mol. The summed E-state index contributed by atoms with van der Waals surface area (Å²) in [7, 11) is 0. The molecular weight excluding hydrogens is 282 g/mol. The number of nitrogens with two attached hydrogens (primary N) is 1. The van der Waals surface area contributed by atoms with Gasteiger partial charge in [0.15, 0.2) is 0 Å². The van der Waals surface area contributed by atoms with Gasteiger partial charge >= 0.3 is 0 Å². The molecule has 0 amide bonds. The molecule has 2 atom stereocenters. The van der Waals surface area contributed by atoms with Gasteiger partial charge in [-0.15, -0.1) is 0 Å². The first-order valence-electron chi connectivity index (χ1n) is 9.93. The second-order valence-electron chi connectivity index (χ2n) is 6.92. The summed E-state index contributed by atoms with van der Waals surface area (Å²) >= 11 is 0. The van der Waals surface area contributed by atoms with E-state index >= 15 is 0 Å². The van der Waals surface area contributed by atoms with Crippen molar-refractivity contribution < 1.29 is 0 Å². The lowest BCUT2D eigenvalue weighted by Gasteiger charge is -2.26. The molecule has 0 aromatic carbocycles. The van der Waals surface area contributed by atoms with Gasteiger partial charge in [-0.2, -0.15) is 0 Å². The van der Waals surface area contributed by atoms with E-state index in [2.05, 4.69) is 35.9 Å². The molecule has 1 aliphatic heterocycles. The van der Waals surface area contributed by atoms with Crippen molar-refractivity contribution in [3.63, 3.8) is 0 Å². The first-order chi connectivity index (χ1) is 11.3. The maximum absolute atomic E-state index is 5.97. The third-order valence-electron chi connectivity index (χ3n) is 4.70. The van der Waals surface area contributed by atoms with Gasteiger partial charge in [-0.3, -0.25) is 9.89 Å². The molecule has 0 saturated heterocycles. The molecule has 2 unspecified atom stereocenters. The fraction of sp³-hybridized carbons (Fsp3) is 0.850. The van der Waals surface area contributed by atoms with Gasteiger partial charge in [-0.25, -0.2) is 0 Å². The lowest BCUT2D eigenvalue weighted by atomic mass is 10.1. The number of allylic oxidation sites excluding steroid dienone is 2. The molecule has 0 aliphatic carbocycles. The third kappa shape index (κ3) is 9.93. The van der Waals surface area contributed by atoms with Gasteiger partial charge in [-0.05, 0) is 45.4 Å². The van der Waals surface area contributed by atoms with E-state index in [1.165, 1.54) is 70.6 Å². The molecule has 0 saturated carbocycles.